The van der Waals surface area contributed by atoms with E-state index in [4.69, 9.17) is 0 Å². The number of hydrogen-bond donors (Lipinski definition) is 4. The largest absolute Gasteiger partial charge is 0.351 e. The molecule has 3 aliphatic rings. The molecule has 3 amide bonds. The van der Waals surface area contributed by atoms with Gasteiger partial charge in [0.15, 0.2) is 5.82 Å². The lowest BCUT2D eigenvalue weighted by molar-refractivity contribution is -0.130. The summed E-state index contributed by atoms with van der Waals surface area (Å²) in [5, 5.41) is 34.7. The molecule has 1 aromatic carbocycles. The maximum Gasteiger partial charge on any atom is 0.251 e. The van der Waals surface area contributed by atoms with Crippen LogP contribution >= 0.6 is 0 Å². The molecule has 14 nitrogen and oxygen atoms in total. The number of amides is 3. The van der Waals surface area contributed by atoms with E-state index in [0.29, 0.717) is 76.1 Å². The Morgan fingerprint density at radius 2 is 1.78 bits per heavy atom. The van der Waals surface area contributed by atoms with E-state index in [-0.39, 0.29) is 30.3 Å². The number of hydrogen-bond acceptors (Lipinski definition) is 10. The average Bonchev–Trinajstić information content (AvgIpc) is 3.78. The maximum absolute atomic E-state index is 13.3. The molecule has 1 fully saturated rings. The van der Waals surface area contributed by atoms with Crippen LogP contribution < -0.4 is 16.0 Å². The van der Waals surface area contributed by atoms with Gasteiger partial charge in [-0.3, -0.25) is 14.4 Å². The number of H-pyrrole nitrogens is 1. The van der Waals surface area contributed by atoms with Crippen molar-refractivity contribution in [3.63, 3.8) is 0 Å². The van der Waals surface area contributed by atoms with E-state index in [9.17, 15) is 19.6 Å². The highest BCUT2D eigenvalue weighted by Gasteiger charge is 2.46. The van der Waals surface area contributed by atoms with Crippen LogP contribution in [0.4, 0.5) is 0 Å². The van der Waals surface area contributed by atoms with Crippen molar-refractivity contribution < 1.29 is 14.4 Å². The number of aryl methyl sites for hydroxylation is 1. The van der Waals surface area contributed by atoms with Gasteiger partial charge in [0.05, 0.1) is 18.0 Å². The number of rotatable bonds is 14. The number of carbonyl (C=O) groups is 3. The van der Waals surface area contributed by atoms with Crippen molar-refractivity contribution in [2.45, 2.75) is 56.4 Å². The third-order valence-corrected chi connectivity index (χ3v) is 9.77. The van der Waals surface area contributed by atoms with E-state index >= 15 is 0 Å². The smallest absolute Gasteiger partial charge is 0.251 e. The highest BCUT2D eigenvalue weighted by Crippen LogP contribution is 2.50. The number of carbonyl (C=O) groups excluding carboxylic acids is 3. The first-order valence-electron chi connectivity index (χ1n) is 17.2. The first-order valence-corrected chi connectivity index (χ1v) is 17.2. The lowest BCUT2D eigenvalue weighted by atomic mass is 9.66. The van der Waals surface area contributed by atoms with Crippen molar-refractivity contribution in [3.05, 3.63) is 63.5 Å². The average molecular weight is 672 g/mol. The molecule has 4 N–H and O–H groups in total. The number of nitrogens with zero attached hydrogens (tertiary/aromatic N) is 7. The van der Waals surface area contributed by atoms with Crippen LogP contribution in [-0.4, -0.2) is 133 Å². The number of aromatic nitrogens is 4. The van der Waals surface area contributed by atoms with Crippen molar-refractivity contribution in [3.8, 4) is 6.07 Å². The lowest BCUT2D eigenvalue weighted by Crippen LogP contribution is -2.42. The molecule has 2 atom stereocenters. The van der Waals surface area contributed by atoms with Gasteiger partial charge in [-0.1, -0.05) is 17.4 Å². The van der Waals surface area contributed by atoms with E-state index in [0.717, 1.165) is 47.4 Å². The van der Waals surface area contributed by atoms with Crippen LogP contribution in [0.2, 0.25) is 0 Å². The van der Waals surface area contributed by atoms with Gasteiger partial charge in [0.2, 0.25) is 11.8 Å². The number of allylic oxidation sites excluding steroid dienone is 3. The Labute approximate surface area is 288 Å². The van der Waals surface area contributed by atoms with Crippen molar-refractivity contribution in [1.82, 2.24) is 51.3 Å². The molecule has 0 saturated carbocycles. The molecule has 2 aromatic rings. The van der Waals surface area contributed by atoms with Crippen LogP contribution in [0.3, 0.4) is 0 Å². The van der Waals surface area contributed by atoms with Gasteiger partial charge in [-0.15, -0.1) is 10.2 Å². The van der Waals surface area contributed by atoms with Gasteiger partial charge in [-0.2, -0.15) is 10.5 Å². The fourth-order valence-corrected chi connectivity index (χ4v) is 7.24. The van der Waals surface area contributed by atoms with Crippen LogP contribution in [-0.2, 0) is 21.4 Å². The Morgan fingerprint density at radius 1 is 1.02 bits per heavy atom. The predicted molar refractivity (Wildman–Crippen MR) is 184 cm³/mol. The van der Waals surface area contributed by atoms with Gasteiger partial charge in [0.1, 0.15) is 6.04 Å². The van der Waals surface area contributed by atoms with E-state index in [1.54, 1.807) is 4.90 Å². The summed E-state index contributed by atoms with van der Waals surface area (Å²) in [5.41, 5.74) is 4.69. The number of benzene rings is 1. The van der Waals surface area contributed by atoms with Gasteiger partial charge >= 0.3 is 0 Å². The topological polar surface area (TPSA) is 175 Å². The molecular weight excluding hydrogens is 622 g/mol. The second-order valence-corrected chi connectivity index (χ2v) is 13.6. The number of fused-ring (bicyclic) bond motifs is 1. The normalized spacial score (nSPS) is 20.4. The van der Waals surface area contributed by atoms with Crippen molar-refractivity contribution in [1.29, 1.82) is 5.26 Å². The molecule has 2 aliphatic carbocycles. The number of nitriles is 1. The van der Waals surface area contributed by atoms with Gasteiger partial charge in [0.25, 0.3) is 5.91 Å². The summed E-state index contributed by atoms with van der Waals surface area (Å²) in [6.07, 6.45) is 6.61. The minimum Gasteiger partial charge on any atom is -0.351 e. The van der Waals surface area contributed by atoms with Crippen molar-refractivity contribution in [2.24, 2.45) is 0 Å². The summed E-state index contributed by atoms with van der Waals surface area (Å²) in [6, 6.07) is 7.72. The molecule has 14 heteroatoms. The summed E-state index contributed by atoms with van der Waals surface area (Å²) in [6.45, 7) is 3.74. The van der Waals surface area contributed by atoms with Crippen molar-refractivity contribution in [2.75, 3.05) is 74.0 Å². The zero-order valence-corrected chi connectivity index (χ0v) is 29.1. The van der Waals surface area contributed by atoms with Gasteiger partial charge in [-0.05, 0) is 114 Å². The Morgan fingerprint density at radius 3 is 2.47 bits per heavy atom. The third-order valence-electron chi connectivity index (χ3n) is 9.77. The lowest BCUT2D eigenvalue weighted by Gasteiger charge is -2.37. The molecule has 1 aromatic heterocycles. The van der Waals surface area contributed by atoms with Crippen LogP contribution in [0.5, 0.6) is 0 Å². The monoisotopic (exact) mass is 671 g/mol. The number of likely N-dealkylation sites (N-methyl/N-ethyl adjacent to an activating group) is 2. The zero-order chi connectivity index (χ0) is 35.0. The summed E-state index contributed by atoms with van der Waals surface area (Å²) >= 11 is 0. The molecule has 0 radical (unpaired) electrons. The molecule has 2 heterocycles. The second-order valence-electron chi connectivity index (χ2n) is 13.6. The molecule has 0 bridgehead atoms. The van der Waals surface area contributed by atoms with E-state index in [1.165, 1.54) is 0 Å². The van der Waals surface area contributed by atoms with E-state index < -0.39 is 5.41 Å². The quantitative estimate of drug-likeness (QED) is 0.211. The molecule has 2 unspecified atom stereocenters. The molecule has 1 saturated heterocycles. The summed E-state index contributed by atoms with van der Waals surface area (Å²) in [5.74, 6) is 0.228. The summed E-state index contributed by atoms with van der Waals surface area (Å²) < 4.78 is 0. The van der Waals surface area contributed by atoms with E-state index in [1.807, 2.05) is 62.3 Å². The molecule has 0 spiro atoms. The Kier molecular flexibility index (Phi) is 11.9. The summed E-state index contributed by atoms with van der Waals surface area (Å²) in [4.78, 5) is 45.2. The Hall–Kier alpha value is -4.45. The van der Waals surface area contributed by atoms with Gasteiger partial charge < -0.3 is 30.7 Å². The molecule has 5 rings (SSSR count). The van der Waals surface area contributed by atoms with Gasteiger partial charge in [0, 0.05) is 43.9 Å². The highest BCUT2D eigenvalue weighted by atomic mass is 16.2. The number of likely N-dealkylation sites (tertiary alicyclic amines) is 1. The molecule has 1 aliphatic heterocycles. The predicted octanol–water partition coefficient (Wildman–Crippen LogP) is 0.912. The molecule has 49 heavy (non-hydrogen) atoms. The van der Waals surface area contributed by atoms with Crippen LogP contribution in [0, 0.1) is 11.3 Å². The molecule has 262 valence electrons. The number of tetrazole rings is 1. The SMILES string of the molecule is CN(C)CCNC(=O)C1=CC2=C(CC1)C(CCNCC(=O)N1CCCC1C#N)(c1nn[nH]n1)c1ccc(C(=O)NCCN(C)C)cc1CC2. The first-order chi connectivity index (χ1) is 23.6. The van der Waals surface area contributed by atoms with Crippen LogP contribution in [0.15, 0.2) is 41.0 Å². The second kappa shape index (κ2) is 16.3. The minimum absolute atomic E-state index is 0.0604. The number of aromatic amines is 1. The highest BCUT2D eigenvalue weighted by molar-refractivity contribution is 5.95. The van der Waals surface area contributed by atoms with Crippen LogP contribution in [0.25, 0.3) is 0 Å². The Bertz CT molecular complexity index is 1610. The number of nitrogens with one attached hydrogen (secondary N) is 4. The van der Waals surface area contributed by atoms with Gasteiger partial charge in [-0.25, -0.2) is 0 Å². The van der Waals surface area contributed by atoms with Crippen LogP contribution in [0.1, 0.15) is 65.8 Å². The fourth-order valence-electron chi connectivity index (χ4n) is 7.24. The minimum atomic E-state index is -0.823. The first kappa shape index (κ1) is 35.8. The Balaban J connectivity index is 1.49. The zero-order valence-electron chi connectivity index (χ0n) is 29.1. The summed E-state index contributed by atoms with van der Waals surface area (Å²) in [7, 11) is 7.88. The van der Waals surface area contributed by atoms with Crippen molar-refractivity contribution >= 4 is 17.7 Å². The third kappa shape index (κ3) is 8.24. The standard InChI is InChI=1S/C35H49N11O3/c1-44(2)18-15-38-32(48)26-9-11-29-24(20-26)7-8-25-21-27(33(49)39-16-19-45(3)4)10-12-30(25)35(29,34-40-42-43-41-34)13-14-37-23-31(47)46-17-5-6-28(46)22-36/h9,11,20-21,28,37H,5-8,10,12-19,23H2,1-4H3,(H,38,48)(H,39,49)(H,40,41,42,43). The molecular formula is C35H49N11O3. The van der Waals surface area contributed by atoms with E-state index in [2.05, 4.69) is 42.6 Å². The fraction of sp³-hybridized carbons (Fsp3) is 0.571. The maximum atomic E-state index is 13.3.